The number of ether oxygens (including phenoxy) is 1. The molecule has 2 N–H and O–H groups in total. The molecule has 1 aliphatic heterocycles. The van der Waals surface area contributed by atoms with Gasteiger partial charge in [-0.15, -0.1) is 11.3 Å². The molecular formula is C13H18N2O2S. The lowest BCUT2D eigenvalue weighted by Crippen LogP contribution is -2.56. The van der Waals surface area contributed by atoms with E-state index < -0.39 is 5.54 Å². The van der Waals surface area contributed by atoms with Gasteiger partial charge in [0.05, 0.1) is 13.2 Å². The number of carbonyl (C=O) groups is 1. The lowest BCUT2D eigenvalue weighted by atomic mass is 9.98. The van der Waals surface area contributed by atoms with E-state index in [2.05, 4.69) is 6.07 Å². The van der Waals surface area contributed by atoms with Gasteiger partial charge in [-0.25, -0.2) is 0 Å². The van der Waals surface area contributed by atoms with Crippen molar-refractivity contribution >= 4 is 17.2 Å². The summed E-state index contributed by atoms with van der Waals surface area (Å²) in [5.74, 6) is 0.0656. The molecule has 1 aromatic heterocycles. The minimum atomic E-state index is -0.792. The number of rotatable bonds is 4. The monoisotopic (exact) mass is 266 g/mol. The molecule has 1 atom stereocenters. The van der Waals surface area contributed by atoms with Crippen molar-refractivity contribution in [1.82, 2.24) is 4.90 Å². The molecule has 0 spiro atoms. The SMILES string of the molecule is NC1(C(=O)N(Cc2cccs2)C2CC2)CCOC1. The van der Waals surface area contributed by atoms with Crippen molar-refractivity contribution in [2.45, 2.75) is 37.4 Å². The van der Waals surface area contributed by atoms with Crippen LogP contribution in [-0.2, 0) is 16.1 Å². The smallest absolute Gasteiger partial charge is 0.245 e. The largest absolute Gasteiger partial charge is 0.379 e. The highest BCUT2D eigenvalue weighted by Gasteiger charge is 2.45. The van der Waals surface area contributed by atoms with Crippen molar-refractivity contribution in [3.05, 3.63) is 22.4 Å². The Labute approximate surface area is 111 Å². The average molecular weight is 266 g/mol. The van der Waals surface area contributed by atoms with Gasteiger partial charge in [-0.2, -0.15) is 0 Å². The summed E-state index contributed by atoms with van der Waals surface area (Å²) < 4.78 is 5.30. The normalized spacial score (nSPS) is 27.4. The first-order valence-electron chi connectivity index (χ1n) is 6.39. The fraction of sp³-hybridized carbons (Fsp3) is 0.615. The third-order valence-corrected chi connectivity index (χ3v) is 4.49. The zero-order valence-electron chi connectivity index (χ0n) is 10.3. The van der Waals surface area contributed by atoms with Crippen LogP contribution in [-0.4, -0.2) is 35.6 Å². The van der Waals surface area contributed by atoms with Gasteiger partial charge in [0, 0.05) is 17.5 Å². The number of hydrogen-bond donors (Lipinski definition) is 1. The van der Waals surface area contributed by atoms with Crippen molar-refractivity contribution in [2.75, 3.05) is 13.2 Å². The first-order chi connectivity index (χ1) is 8.69. The highest BCUT2D eigenvalue weighted by molar-refractivity contribution is 7.09. The van der Waals surface area contributed by atoms with Crippen LogP contribution in [0, 0.1) is 0 Å². The van der Waals surface area contributed by atoms with Gasteiger partial charge in [-0.1, -0.05) is 6.07 Å². The van der Waals surface area contributed by atoms with Gasteiger partial charge in [0.15, 0.2) is 0 Å². The molecule has 5 heteroatoms. The maximum Gasteiger partial charge on any atom is 0.245 e. The fourth-order valence-electron chi connectivity index (χ4n) is 2.36. The standard InChI is InChI=1S/C13H18N2O2S/c14-13(5-6-17-9-13)12(16)15(10-3-4-10)8-11-2-1-7-18-11/h1-2,7,10H,3-6,8-9,14H2. The summed E-state index contributed by atoms with van der Waals surface area (Å²) in [6, 6.07) is 4.48. The van der Waals surface area contributed by atoms with Crippen molar-refractivity contribution in [2.24, 2.45) is 5.73 Å². The molecule has 1 aromatic rings. The van der Waals surface area contributed by atoms with Crippen molar-refractivity contribution < 1.29 is 9.53 Å². The Hall–Kier alpha value is -0.910. The Morgan fingerprint density at radius 2 is 2.44 bits per heavy atom. The molecule has 1 saturated carbocycles. The predicted molar refractivity (Wildman–Crippen MR) is 70.2 cm³/mol. The third-order valence-electron chi connectivity index (χ3n) is 3.63. The second-order valence-electron chi connectivity index (χ2n) is 5.20. The molecule has 1 amide bonds. The molecule has 2 heterocycles. The molecule has 4 nitrogen and oxygen atoms in total. The van der Waals surface area contributed by atoms with Gasteiger partial charge < -0.3 is 15.4 Å². The number of nitrogens with zero attached hydrogens (tertiary/aromatic N) is 1. The van der Waals surface area contributed by atoms with E-state index in [9.17, 15) is 4.79 Å². The van der Waals surface area contributed by atoms with E-state index in [1.165, 1.54) is 4.88 Å². The van der Waals surface area contributed by atoms with Crippen LogP contribution in [0.25, 0.3) is 0 Å². The van der Waals surface area contributed by atoms with Crippen LogP contribution in [0.2, 0.25) is 0 Å². The molecule has 1 aliphatic carbocycles. The Morgan fingerprint density at radius 3 is 3.00 bits per heavy atom. The third kappa shape index (κ3) is 2.30. The Bertz CT molecular complexity index is 422. The van der Waals surface area contributed by atoms with Gasteiger partial charge >= 0.3 is 0 Å². The molecule has 0 aromatic carbocycles. The molecule has 2 aliphatic rings. The zero-order chi connectivity index (χ0) is 12.6. The molecule has 98 valence electrons. The Balaban J connectivity index is 1.75. The van der Waals surface area contributed by atoms with Gasteiger partial charge in [-0.3, -0.25) is 4.79 Å². The fourth-order valence-corrected chi connectivity index (χ4v) is 3.06. The summed E-state index contributed by atoms with van der Waals surface area (Å²) in [7, 11) is 0. The number of hydrogen-bond acceptors (Lipinski definition) is 4. The topological polar surface area (TPSA) is 55.6 Å². The Morgan fingerprint density at radius 1 is 1.61 bits per heavy atom. The average Bonchev–Trinajstić information content (AvgIpc) is 2.89. The predicted octanol–water partition coefficient (Wildman–Crippen LogP) is 1.36. The number of amides is 1. The van der Waals surface area contributed by atoms with Crippen LogP contribution in [0.3, 0.4) is 0 Å². The number of nitrogens with two attached hydrogens (primary N) is 1. The van der Waals surface area contributed by atoms with Crippen LogP contribution in [0.4, 0.5) is 0 Å². The summed E-state index contributed by atoms with van der Waals surface area (Å²) in [6.45, 7) is 1.65. The first kappa shape index (κ1) is 12.1. The lowest BCUT2D eigenvalue weighted by molar-refractivity contribution is -0.138. The summed E-state index contributed by atoms with van der Waals surface area (Å²) in [6.07, 6.45) is 2.85. The molecule has 0 radical (unpaired) electrons. The lowest BCUT2D eigenvalue weighted by Gasteiger charge is -2.30. The van der Waals surface area contributed by atoms with Crippen LogP contribution < -0.4 is 5.73 Å². The van der Waals surface area contributed by atoms with Crippen LogP contribution in [0.1, 0.15) is 24.1 Å². The number of carbonyl (C=O) groups excluding carboxylic acids is 1. The quantitative estimate of drug-likeness (QED) is 0.895. The molecule has 3 rings (SSSR count). The van der Waals surface area contributed by atoms with Crippen LogP contribution in [0.5, 0.6) is 0 Å². The first-order valence-corrected chi connectivity index (χ1v) is 7.27. The van der Waals surface area contributed by atoms with Crippen LogP contribution in [0.15, 0.2) is 17.5 Å². The maximum atomic E-state index is 12.6. The van der Waals surface area contributed by atoms with E-state index in [0.717, 1.165) is 12.8 Å². The zero-order valence-corrected chi connectivity index (χ0v) is 11.1. The second kappa shape index (κ2) is 4.64. The highest BCUT2D eigenvalue weighted by atomic mass is 32.1. The molecule has 1 saturated heterocycles. The van der Waals surface area contributed by atoms with Gasteiger partial charge in [0.25, 0.3) is 0 Å². The molecule has 1 unspecified atom stereocenters. The van der Waals surface area contributed by atoms with Crippen molar-refractivity contribution in [3.63, 3.8) is 0 Å². The second-order valence-corrected chi connectivity index (χ2v) is 6.23. The summed E-state index contributed by atoms with van der Waals surface area (Å²) in [4.78, 5) is 15.8. The van der Waals surface area contributed by atoms with E-state index in [4.69, 9.17) is 10.5 Å². The Kier molecular flexibility index (Phi) is 3.13. The maximum absolute atomic E-state index is 12.6. The molecule has 0 bridgehead atoms. The highest BCUT2D eigenvalue weighted by Crippen LogP contribution is 2.32. The van der Waals surface area contributed by atoms with E-state index in [-0.39, 0.29) is 5.91 Å². The van der Waals surface area contributed by atoms with Crippen molar-refractivity contribution in [3.8, 4) is 0 Å². The van der Waals surface area contributed by atoms with E-state index in [1.54, 1.807) is 11.3 Å². The van der Waals surface area contributed by atoms with E-state index in [1.807, 2.05) is 16.3 Å². The minimum Gasteiger partial charge on any atom is -0.379 e. The summed E-state index contributed by atoms with van der Waals surface area (Å²) >= 11 is 1.69. The summed E-state index contributed by atoms with van der Waals surface area (Å²) in [5.41, 5.74) is 5.39. The van der Waals surface area contributed by atoms with Gasteiger partial charge in [-0.05, 0) is 30.7 Å². The van der Waals surface area contributed by atoms with Gasteiger partial charge in [0.2, 0.25) is 5.91 Å². The van der Waals surface area contributed by atoms with E-state index in [0.29, 0.717) is 32.2 Å². The van der Waals surface area contributed by atoms with Crippen molar-refractivity contribution in [1.29, 1.82) is 0 Å². The summed E-state index contributed by atoms with van der Waals surface area (Å²) in [5, 5.41) is 2.04. The molecule has 2 fully saturated rings. The molecule has 18 heavy (non-hydrogen) atoms. The van der Waals surface area contributed by atoms with Gasteiger partial charge in [0.1, 0.15) is 5.54 Å². The number of thiophene rings is 1. The molecular weight excluding hydrogens is 248 g/mol. The van der Waals surface area contributed by atoms with Crippen LogP contribution >= 0.6 is 11.3 Å². The minimum absolute atomic E-state index is 0.0656. The van der Waals surface area contributed by atoms with E-state index >= 15 is 0 Å².